The third-order valence-corrected chi connectivity index (χ3v) is 9.37. The molecule has 12 nitrogen and oxygen atoms in total. The van der Waals surface area contributed by atoms with Crippen LogP contribution in [0.4, 0.5) is 0 Å². The summed E-state index contributed by atoms with van der Waals surface area (Å²) in [6, 6.07) is 3.55. The second kappa shape index (κ2) is 18.2. The molecule has 12 heteroatoms. The Morgan fingerprint density at radius 2 is 1.62 bits per heavy atom. The fraction of sp³-hybridized carbons (Fsp3) is 0.727. The van der Waals surface area contributed by atoms with Crippen molar-refractivity contribution in [3.8, 4) is 0 Å². The summed E-state index contributed by atoms with van der Waals surface area (Å²) in [5.41, 5.74) is 6.34. The van der Waals surface area contributed by atoms with E-state index in [0.29, 0.717) is 45.7 Å². The molecule has 1 aromatic heterocycles. The van der Waals surface area contributed by atoms with Gasteiger partial charge in [0.25, 0.3) is 0 Å². The minimum atomic E-state index is -0.447. The number of rotatable bonds is 16. The Hall–Kier alpha value is -3.09. The molecule has 2 saturated carbocycles. The number of nitrogens with one attached hydrogen (secondary N) is 3. The number of nitrogens with zero attached hydrogens (tertiary/aromatic N) is 2. The van der Waals surface area contributed by atoms with E-state index in [-0.39, 0.29) is 60.3 Å². The van der Waals surface area contributed by atoms with E-state index < -0.39 is 5.92 Å². The van der Waals surface area contributed by atoms with Crippen LogP contribution >= 0.6 is 0 Å². The van der Waals surface area contributed by atoms with Crippen molar-refractivity contribution in [3.05, 3.63) is 30.1 Å². The molecule has 0 radical (unpaired) electrons. The van der Waals surface area contributed by atoms with Gasteiger partial charge in [0.15, 0.2) is 0 Å². The summed E-state index contributed by atoms with van der Waals surface area (Å²) < 4.78 is 12.1. The number of aromatic nitrogens is 1. The van der Waals surface area contributed by atoms with Crippen molar-refractivity contribution in [1.82, 2.24) is 25.8 Å². The fourth-order valence-electron chi connectivity index (χ4n) is 6.75. The van der Waals surface area contributed by atoms with Gasteiger partial charge in [-0.1, -0.05) is 6.07 Å². The van der Waals surface area contributed by atoms with Crippen molar-refractivity contribution in [2.75, 3.05) is 39.9 Å². The van der Waals surface area contributed by atoms with Crippen LogP contribution in [0.1, 0.15) is 88.7 Å². The lowest BCUT2D eigenvalue weighted by Crippen LogP contribution is -2.41. The van der Waals surface area contributed by atoms with Gasteiger partial charge < -0.3 is 36.1 Å². The zero-order valence-corrected chi connectivity index (χ0v) is 26.7. The van der Waals surface area contributed by atoms with Crippen LogP contribution in [-0.4, -0.2) is 91.7 Å². The van der Waals surface area contributed by atoms with Gasteiger partial charge in [-0.25, -0.2) is 0 Å². The molecule has 0 spiro atoms. The smallest absolute Gasteiger partial charge is 0.226 e. The molecule has 1 aromatic rings. The quantitative estimate of drug-likeness (QED) is 0.202. The number of carbonyl (C=O) groups is 4. The highest BCUT2D eigenvalue weighted by atomic mass is 16.5. The molecule has 2 atom stereocenters. The number of nitrogens with two attached hydrogens (primary N) is 1. The topological polar surface area (TPSA) is 165 Å². The molecule has 4 rings (SSSR count). The number of hydrogen-bond donors (Lipinski definition) is 4. The molecule has 4 amide bonds. The third-order valence-electron chi connectivity index (χ3n) is 9.37. The maximum Gasteiger partial charge on any atom is 0.226 e. The summed E-state index contributed by atoms with van der Waals surface area (Å²) >= 11 is 0. The normalized spacial score (nSPS) is 26.8. The van der Waals surface area contributed by atoms with Crippen LogP contribution in [0.25, 0.3) is 0 Å². The maximum atomic E-state index is 12.9. The van der Waals surface area contributed by atoms with Gasteiger partial charge in [0, 0.05) is 63.9 Å². The summed E-state index contributed by atoms with van der Waals surface area (Å²) in [5, 5.41) is 9.04. The van der Waals surface area contributed by atoms with Crippen LogP contribution in [0.5, 0.6) is 0 Å². The van der Waals surface area contributed by atoms with Gasteiger partial charge in [0.05, 0.1) is 30.8 Å². The van der Waals surface area contributed by atoms with E-state index in [9.17, 15) is 19.2 Å². The first-order chi connectivity index (χ1) is 21.9. The monoisotopic (exact) mass is 628 g/mol. The number of ether oxygens (including phenoxy) is 2. The Bertz CT molecular complexity index is 1090. The first-order valence-electron chi connectivity index (χ1n) is 16.8. The second-order valence-electron chi connectivity index (χ2n) is 12.6. The van der Waals surface area contributed by atoms with E-state index in [4.69, 9.17) is 15.2 Å². The average Bonchev–Trinajstić information content (AvgIpc) is 3.36. The van der Waals surface area contributed by atoms with E-state index >= 15 is 0 Å². The van der Waals surface area contributed by atoms with Gasteiger partial charge in [-0.15, -0.1) is 0 Å². The Labute approximate surface area is 266 Å². The standard InChI is InChI=1S/C33H52N6O6/c1-39-30(41)21-28(31(39)24-5-2-16-35-22-24)33(43)37-18-20-45-27-13-11-26(12-14-27)44-19-3-6-29(40)38-25-9-7-23(8-10-25)32(42)36-17-4-15-34/h2,5,16,22-23,25-28,31H,3-4,6-15,17-21,34H2,1H3,(H,36,42)(H,37,43)(H,38,40)/t23?,25?,26?,27?,28-,31+/m0/s1. The van der Waals surface area contributed by atoms with E-state index in [1.165, 1.54) is 0 Å². The van der Waals surface area contributed by atoms with E-state index in [0.717, 1.165) is 63.4 Å². The fourth-order valence-corrected chi connectivity index (χ4v) is 6.75. The SMILES string of the molecule is CN1C(=O)C[C@H](C(=O)NCCOC2CCC(OCCCC(=O)NC3CCC(C(=O)NCCCN)CC3)CC2)[C@H]1c1cccnc1. The highest BCUT2D eigenvalue weighted by Gasteiger charge is 2.42. The number of hydrogen-bond acceptors (Lipinski definition) is 8. The van der Waals surface area contributed by atoms with E-state index in [1.807, 2.05) is 12.1 Å². The predicted octanol–water partition coefficient (Wildman–Crippen LogP) is 1.98. The molecular formula is C33H52N6O6. The minimum Gasteiger partial charge on any atom is -0.378 e. The summed E-state index contributed by atoms with van der Waals surface area (Å²) in [7, 11) is 1.73. The minimum absolute atomic E-state index is 0.0364. The first kappa shape index (κ1) is 34.8. The molecule has 2 heterocycles. The molecule has 2 aliphatic carbocycles. The molecule has 5 N–H and O–H groups in total. The van der Waals surface area contributed by atoms with Gasteiger partial charge in [-0.2, -0.15) is 0 Å². The Kier molecular flexibility index (Phi) is 14.0. The molecular weight excluding hydrogens is 576 g/mol. The van der Waals surface area contributed by atoms with Crippen LogP contribution in [-0.2, 0) is 28.7 Å². The number of likely N-dealkylation sites (tertiary alicyclic amines) is 1. The van der Waals surface area contributed by atoms with Gasteiger partial charge in [-0.05, 0) is 82.4 Å². The summed E-state index contributed by atoms with van der Waals surface area (Å²) in [6.07, 6.45) is 12.7. The van der Waals surface area contributed by atoms with Crippen molar-refractivity contribution < 1.29 is 28.7 Å². The lowest BCUT2D eigenvalue weighted by atomic mass is 9.85. The van der Waals surface area contributed by atoms with E-state index in [2.05, 4.69) is 20.9 Å². The number of carbonyl (C=O) groups excluding carboxylic acids is 4. The van der Waals surface area contributed by atoms with Crippen molar-refractivity contribution >= 4 is 23.6 Å². The van der Waals surface area contributed by atoms with Crippen molar-refractivity contribution in [2.24, 2.45) is 17.6 Å². The molecule has 0 aromatic carbocycles. The maximum absolute atomic E-state index is 12.9. The van der Waals surface area contributed by atoms with Gasteiger partial charge in [0.1, 0.15) is 0 Å². The van der Waals surface area contributed by atoms with Crippen LogP contribution < -0.4 is 21.7 Å². The summed E-state index contributed by atoms with van der Waals surface area (Å²) in [5.74, 6) is -0.429. The predicted molar refractivity (Wildman–Crippen MR) is 169 cm³/mol. The first-order valence-corrected chi connectivity index (χ1v) is 16.8. The van der Waals surface area contributed by atoms with Crippen molar-refractivity contribution in [3.63, 3.8) is 0 Å². The van der Waals surface area contributed by atoms with Crippen LogP contribution in [0.3, 0.4) is 0 Å². The highest BCUT2D eigenvalue weighted by Crippen LogP contribution is 2.36. The number of amides is 4. The molecule has 250 valence electrons. The largest absolute Gasteiger partial charge is 0.378 e. The summed E-state index contributed by atoms with van der Waals surface area (Å²) in [6.45, 7) is 2.59. The molecule has 0 unspecified atom stereocenters. The third kappa shape index (κ3) is 10.7. The van der Waals surface area contributed by atoms with E-state index in [1.54, 1.807) is 24.3 Å². The second-order valence-corrected chi connectivity index (χ2v) is 12.6. The molecule has 0 bridgehead atoms. The number of pyridine rings is 1. The lowest BCUT2D eigenvalue weighted by Gasteiger charge is -2.29. The summed E-state index contributed by atoms with van der Waals surface area (Å²) in [4.78, 5) is 55.7. The van der Waals surface area contributed by atoms with Crippen LogP contribution in [0.2, 0.25) is 0 Å². The Morgan fingerprint density at radius 1 is 0.933 bits per heavy atom. The molecule has 3 aliphatic rings. The van der Waals surface area contributed by atoms with Crippen molar-refractivity contribution in [1.29, 1.82) is 0 Å². The molecule has 1 aliphatic heterocycles. The van der Waals surface area contributed by atoms with Gasteiger partial charge in [0.2, 0.25) is 23.6 Å². The van der Waals surface area contributed by atoms with Gasteiger partial charge >= 0.3 is 0 Å². The molecule has 3 fully saturated rings. The Balaban J connectivity index is 1.01. The van der Waals surface area contributed by atoms with Crippen LogP contribution in [0, 0.1) is 11.8 Å². The van der Waals surface area contributed by atoms with Crippen LogP contribution in [0.15, 0.2) is 24.5 Å². The average molecular weight is 629 g/mol. The lowest BCUT2D eigenvalue weighted by molar-refractivity contribution is -0.128. The molecule has 45 heavy (non-hydrogen) atoms. The Morgan fingerprint density at radius 3 is 2.29 bits per heavy atom. The van der Waals surface area contributed by atoms with Crippen molar-refractivity contribution in [2.45, 2.75) is 101 Å². The highest BCUT2D eigenvalue weighted by molar-refractivity contribution is 5.90. The molecule has 1 saturated heterocycles. The van der Waals surface area contributed by atoms with Gasteiger partial charge in [-0.3, -0.25) is 24.2 Å². The zero-order valence-electron chi connectivity index (χ0n) is 26.7. The zero-order chi connectivity index (χ0) is 32.0.